The van der Waals surface area contributed by atoms with Crippen LogP contribution >= 0.6 is 0 Å². The minimum absolute atomic E-state index is 0.941. The lowest BCUT2D eigenvalue weighted by Gasteiger charge is -2.16. The molecule has 0 aliphatic heterocycles. The molecule has 0 aliphatic carbocycles. The first-order valence-corrected chi connectivity index (χ1v) is 13.2. The van der Waals surface area contributed by atoms with Gasteiger partial charge in [-0.05, 0) is 71.2 Å². The van der Waals surface area contributed by atoms with Crippen LogP contribution in [0.1, 0.15) is 50.7 Å². The molecule has 0 unspecified atom stereocenters. The van der Waals surface area contributed by atoms with E-state index >= 15 is 0 Å². The molecule has 4 rings (SSSR count). The van der Waals surface area contributed by atoms with Gasteiger partial charge in [0.25, 0.3) is 0 Å². The Kier molecular flexibility index (Phi) is 8.84. The molecule has 4 aromatic rings. The van der Waals surface area contributed by atoms with Crippen molar-refractivity contribution in [2.24, 2.45) is 0 Å². The average Bonchev–Trinajstić information content (AvgIpc) is 2.94. The Morgan fingerprint density at radius 3 is 1.17 bits per heavy atom. The molecule has 0 aliphatic rings. The highest BCUT2D eigenvalue weighted by atomic mass is 16.5. The lowest BCUT2D eigenvalue weighted by Crippen LogP contribution is -1.95. The Morgan fingerprint density at radius 2 is 0.833 bits per heavy atom. The molecule has 2 nitrogen and oxygen atoms in total. The van der Waals surface area contributed by atoms with E-state index in [9.17, 15) is 0 Å². The van der Waals surface area contributed by atoms with Crippen LogP contribution in [0.25, 0.3) is 33.4 Å². The van der Waals surface area contributed by atoms with Gasteiger partial charge in [-0.1, -0.05) is 99.5 Å². The summed E-state index contributed by atoms with van der Waals surface area (Å²) >= 11 is 0. The Labute approximate surface area is 216 Å². The van der Waals surface area contributed by atoms with Crippen LogP contribution in [0.15, 0.2) is 84.9 Å². The van der Waals surface area contributed by atoms with Crippen LogP contribution in [0, 0.1) is 0 Å². The molecule has 186 valence electrons. The third-order valence-corrected chi connectivity index (χ3v) is 6.94. The summed E-state index contributed by atoms with van der Waals surface area (Å²) in [5, 5.41) is 0. The number of methoxy groups -OCH3 is 2. The topological polar surface area (TPSA) is 18.5 Å². The van der Waals surface area contributed by atoms with Crippen molar-refractivity contribution in [3.05, 3.63) is 96.1 Å². The van der Waals surface area contributed by atoms with E-state index in [1.807, 2.05) is 0 Å². The number of rotatable bonds is 11. The molecule has 0 aromatic heterocycles. The summed E-state index contributed by atoms with van der Waals surface area (Å²) in [4.78, 5) is 0. The Balaban J connectivity index is 1.63. The number of hydrogen-bond acceptors (Lipinski definition) is 2. The first kappa shape index (κ1) is 25.6. The summed E-state index contributed by atoms with van der Waals surface area (Å²) in [5.74, 6) is 1.88. The van der Waals surface area contributed by atoms with Crippen molar-refractivity contribution < 1.29 is 9.47 Å². The van der Waals surface area contributed by atoms with Gasteiger partial charge in [0.05, 0.1) is 14.2 Å². The molecule has 0 fully saturated rings. The van der Waals surface area contributed by atoms with Crippen LogP contribution in [0.5, 0.6) is 11.5 Å². The molecule has 0 saturated heterocycles. The summed E-state index contributed by atoms with van der Waals surface area (Å²) < 4.78 is 11.5. The number of hydrogen-bond donors (Lipinski definition) is 0. The maximum atomic E-state index is 5.73. The van der Waals surface area contributed by atoms with Gasteiger partial charge in [0.15, 0.2) is 0 Å². The summed E-state index contributed by atoms with van der Waals surface area (Å²) in [6.45, 7) is 4.47. The molecule has 2 heteroatoms. The van der Waals surface area contributed by atoms with Crippen LogP contribution in [-0.2, 0) is 12.8 Å². The zero-order valence-electron chi connectivity index (χ0n) is 22.1. The monoisotopic (exact) mass is 478 g/mol. The van der Waals surface area contributed by atoms with E-state index in [-0.39, 0.29) is 0 Å². The second-order valence-corrected chi connectivity index (χ2v) is 9.35. The Hall–Kier alpha value is -3.52. The van der Waals surface area contributed by atoms with E-state index in [2.05, 4.69) is 98.8 Å². The number of unbranched alkanes of at least 4 members (excludes halogenated alkanes) is 2. The van der Waals surface area contributed by atoms with Crippen molar-refractivity contribution in [2.75, 3.05) is 14.2 Å². The van der Waals surface area contributed by atoms with Gasteiger partial charge < -0.3 is 9.47 Å². The zero-order valence-corrected chi connectivity index (χ0v) is 22.1. The third-order valence-electron chi connectivity index (χ3n) is 6.94. The lowest BCUT2D eigenvalue weighted by molar-refractivity contribution is 0.416. The van der Waals surface area contributed by atoms with Gasteiger partial charge in [-0.2, -0.15) is 0 Å². The van der Waals surface area contributed by atoms with E-state index in [0.717, 1.165) is 24.3 Å². The minimum Gasteiger partial charge on any atom is -0.496 e. The van der Waals surface area contributed by atoms with E-state index in [1.54, 1.807) is 14.2 Å². The lowest BCUT2D eigenvalue weighted by atomic mass is 9.92. The average molecular weight is 479 g/mol. The van der Waals surface area contributed by atoms with Crippen molar-refractivity contribution in [2.45, 2.75) is 52.4 Å². The van der Waals surface area contributed by atoms with Crippen molar-refractivity contribution in [1.29, 1.82) is 0 Å². The SMILES string of the molecule is CCCCc1cccc(OC)c1-c1ccc(-c2ccc(-c3c(CCCC)cccc3OC)cc2)cc1. The Bertz CT molecular complexity index is 1150. The van der Waals surface area contributed by atoms with Crippen molar-refractivity contribution >= 4 is 0 Å². The molecule has 0 amide bonds. The van der Waals surface area contributed by atoms with Gasteiger partial charge in [0.1, 0.15) is 11.5 Å². The molecule has 0 atom stereocenters. The van der Waals surface area contributed by atoms with Gasteiger partial charge in [-0.3, -0.25) is 0 Å². The molecular formula is C34H38O2. The van der Waals surface area contributed by atoms with E-state index in [0.29, 0.717) is 0 Å². The van der Waals surface area contributed by atoms with Crippen molar-refractivity contribution in [3.63, 3.8) is 0 Å². The largest absolute Gasteiger partial charge is 0.496 e. The van der Waals surface area contributed by atoms with Crippen LogP contribution in [0.2, 0.25) is 0 Å². The Morgan fingerprint density at radius 1 is 0.472 bits per heavy atom. The number of aryl methyl sites for hydroxylation is 2. The highest BCUT2D eigenvalue weighted by molar-refractivity contribution is 5.79. The summed E-state index contributed by atoms with van der Waals surface area (Å²) in [6, 6.07) is 30.5. The van der Waals surface area contributed by atoms with Crippen LogP contribution in [0.3, 0.4) is 0 Å². The van der Waals surface area contributed by atoms with Gasteiger partial charge in [-0.15, -0.1) is 0 Å². The fourth-order valence-electron chi connectivity index (χ4n) is 4.96. The molecule has 36 heavy (non-hydrogen) atoms. The van der Waals surface area contributed by atoms with Gasteiger partial charge in [-0.25, -0.2) is 0 Å². The third kappa shape index (κ3) is 5.65. The molecule has 0 bridgehead atoms. The normalized spacial score (nSPS) is 10.9. The van der Waals surface area contributed by atoms with Crippen molar-refractivity contribution in [3.8, 4) is 44.9 Å². The number of ether oxygens (including phenoxy) is 2. The maximum Gasteiger partial charge on any atom is 0.126 e. The highest BCUT2D eigenvalue weighted by Crippen LogP contribution is 2.37. The molecule has 4 aromatic carbocycles. The summed E-state index contributed by atoms with van der Waals surface area (Å²) in [5.41, 5.74) is 9.95. The molecular weight excluding hydrogens is 440 g/mol. The number of benzene rings is 4. The van der Waals surface area contributed by atoms with Gasteiger partial charge >= 0.3 is 0 Å². The summed E-state index contributed by atoms with van der Waals surface area (Å²) in [6.07, 6.45) is 6.85. The van der Waals surface area contributed by atoms with E-state index < -0.39 is 0 Å². The van der Waals surface area contributed by atoms with Gasteiger partial charge in [0, 0.05) is 11.1 Å². The van der Waals surface area contributed by atoms with E-state index in [1.165, 1.54) is 70.2 Å². The van der Waals surface area contributed by atoms with E-state index in [4.69, 9.17) is 9.47 Å². The van der Waals surface area contributed by atoms with Crippen molar-refractivity contribution in [1.82, 2.24) is 0 Å². The predicted octanol–water partition coefficient (Wildman–Crippen LogP) is 9.39. The standard InChI is InChI=1S/C34H38O2/c1-5-7-11-27-13-9-15-31(35-3)33(27)29-21-17-25(18-22-29)26-19-23-30(24-20-26)34-28(12-8-6-2)14-10-16-32(34)36-4/h9-10,13-24H,5-8,11-12H2,1-4H3. The fourth-order valence-corrected chi connectivity index (χ4v) is 4.96. The van der Waals surface area contributed by atoms with Gasteiger partial charge in [0.2, 0.25) is 0 Å². The summed E-state index contributed by atoms with van der Waals surface area (Å²) in [7, 11) is 3.52. The van der Waals surface area contributed by atoms with Crippen LogP contribution in [0.4, 0.5) is 0 Å². The minimum atomic E-state index is 0.941. The smallest absolute Gasteiger partial charge is 0.126 e. The zero-order chi connectivity index (χ0) is 25.3. The maximum absolute atomic E-state index is 5.73. The molecule has 0 saturated carbocycles. The first-order chi connectivity index (χ1) is 17.7. The molecule has 0 spiro atoms. The molecule has 0 N–H and O–H groups in total. The van der Waals surface area contributed by atoms with Crippen LogP contribution < -0.4 is 9.47 Å². The fraction of sp³-hybridized carbons (Fsp3) is 0.294. The quantitative estimate of drug-likeness (QED) is 0.214. The predicted molar refractivity (Wildman–Crippen MR) is 153 cm³/mol. The highest BCUT2D eigenvalue weighted by Gasteiger charge is 2.13. The molecule has 0 radical (unpaired) electrons. The van der Waals surface area contributed by atoms with Crippen LogP contribution in [-0.4, -0.2) is 14.2 Å². The first-order valence-electron chi connectivity index (χ1n) is 13.2. The second-order valence-electron chi connectivity index (χ2n) is 9.35. The second kappa shape index (κ2) is 12.4. The molecule has 0 heterocycles.